The van der Waals surface area contributed by atoms with E-state index in [2.05, 4.69) is 5.32 Å². The summed E-state index contributed by atoms with van der Waals surface area (Å²) >= 11 is 0. The van der Waals surface area contributed by atoms with E-state index >= 15 is 0 Å². The topological polar surface area (TPSA) is 64.2 Å². The zero-order valence-corrected chi connectivity index (χ0v) is 16.5. The van der Waals surface area contributed by atoms with E-state index in [9.17, 15) is 18.4 Å². The summed E-state index contributed by atoms with van der Waals surface area (Å²) in [4.78, 5) is 26.9. The molecule has 5 nitrogen and oxygen atoms in total. The summed E-state index contributed by atoms with van der Waals surface area (Å²) in [5.74, 6) is -2.14. The van der Waals surface area contributed by atoms with Gasteiger partial charge in [-0.1, -0.05) is 12.5 Å². The van der Waals surface area contributed by atoms with Crippen LogP contribution in [0.4, 0.5) is 8.78 Å². The first-order valence-electron chi connectivity index (χ1n) is 10.4. The Kier molecular flexibility index (Phi) is 3.92. The van der Waals surface area contributed by atoms with Crippen LogP contribution in [0, 0.1) is 11.6 Å². The molecule has 0 spiro atoms. The van der Waals surface area contributed by atoms with Crippen LogP contribution in [0.5, 0.6) is 0 Å². The molecule has 7 heteroatoms. The molecule has 2 aliphatic rings. The molecule has 0 bridgehead atoms. The molecule has 0 atom stereocenters. The zero-order valence-electron chi connectivity index (χ0n) is 16.5. The number of nitrogens with zero attached hydrogens (tertiary/aromatic N) is 1. The van der Waals surface area contributed by atoms with Crippen LogP contribution in [-0.2, 0) is 13.1 Å². The molecule has 2 aromatic carbocycles. The minimum absolute atomic E-state index is 0.0185. The maximum Gasteiger partial charge on any atom is 0.270 e. The lowest BCUT2D eigenvalue weighted by Gasteiger charge is -2.28. The molecule has 1 N–H and O–H groups in total. The monoisotopic (exact) mass is 420 g/mol. The van der Waals surface area contributed by atoms with Gasteiger partial charge in [-0.2, -0.15) is 0 Å². The molecule has 4 aromatic rings. The first-order chi connectivity index (χ1) is 15.0. The third-order valence-electron chi connectivity index (χ3n) is 6.52. The molecule has 0 unspecified atom stereocenters. The molecule has 3 heterocycles. The molecule has 0 amide bonds. The molecular formula is C24H18F2N2O3. The highest BCUT2D eigenvalue weighted by atomic mass is 19.2. The molecule has 0 saturated heterocycles. The number of hydrogen-bond acceptors (Lipinski definition) is 4. The summed E-state index contributed by atoms with van der Waals surface area (Å²) in [7, 11) is 0. The summed E-state index contributed by atoms with van der Waals surface area (Å²) in [6, 6.07) is 8.96. The Morgan fingerprint density at radius 3 is 2.52 bits per heavy atom. The van der Waals surface area contributed by atoms with E-state index in [4.69, 9.17) is 4.42 Å². The van der Waals surface area contributed by atoms with E-state index in [1.165, 1.54) is 12.1 Å². The quantitative estimate of drug-likeness (QED) is 0.493. The van der Waals surface area contributed by atoms with Crippen molar-refractivity contribution in [1.82, 2.24) is 9.88 Å². The maximum absolute atomic E-state index is 14.7. The Bertz CT molecular complexity index is 1520. The smallest absolute Gasteiger partial charge is 0.270 e. The van der Waals surface area contributed by atoms with Gasteiger partial charge in [-0.05, 0) is 54.2 Å². The van der Waals surface area contributed by atoms with E-state index in [1.54, 1.807) is 12.1 Å². The van der Waals surface area contributed by atoms with E-state index < -0.39 is 22.6 Å². The Morgan fingerprint density at radius 1 is 1.00 bits per heavy atom. The van der Waals surface area contributed by atoms with Gasteiger partial charge >= 0.3 is 0 Å². The van der Waals surface area contributed by atoms with Gasteiger partial charge < -0.3 is 9.73 Å². The number of hydrogen-bond donors (Lipinski definition) is 1. The Labute approximate surface area is 174 Å². The number of benzene rings is 2. The van der Waals surface area contributed by atoms with Gasteiger partial charge in [0.05, 0.1) is 11.1 Å². The molecule has 156 valence electrons. The van der Waals surface area contributed by atoms with Crippen LogP contribution in [0.1, 0.15) is 42.0 Å². The van der Waals surface area contributed by atoms with Gasteiger partial charge in [-0.3, -0.25) is 14.2 Å². The molecule has 2 aromatic heterocycles. The van der Waals surface area contributed by atoms with Crippen molar-refractivity contribution in [3.05, 3.63) is 85.4 Å². The highest BCUT2D eigenvalue weighted by Crippen LogP contribution is 2.38. The fraction of sp³-hybridized carbons (Fsp3) is 0.250. The van der Waals surface area contributed by atoms with Crippen LogP contribution in [-0.4, -0.2) is 4.57 Å². The van der Waals surface area contributed by atoms with Crippen LogP contribution < -0.4 is 16.3 Å². The second-order valence-corrected chi connectivity index (χ2v) is 8.30. The standard InChI is InChI=1S/C24H18F2N2O3/c25-16-5-2-6-17(22(16)26)28-18(12-3-1-4-12)9-20-21(24(28)30)23(29)15-7-13-10-27-11-14(13)8-19(15)31-20/h2,5-9,12,27H,1,3-4,10-11H2. The van der Waals surface area contributed by atoms with E-state index in [1.807, 2.05) is 6.07 Å². The van der Waals surface area contributed by atoms with Gasteiger partial charge in [0.15, 0.2) is 11.6 Å². The normalized spacial score (nSPS) is 16.1. The lowest BCUT2D eigenvalue weighted by atomic mass is 9.82. The average molecular weight is 420 g/mol. The van der Waals surface area contributed by atoms with Gasteiger partial charge in [0.1, 0.15) is 16.6 Å². The summed E-state index contributed by atoms with van der Waals surface area (Å²) in [6.07, 6.45) is 2.65. The summed E-state index contributed by atoms with van der Waals surface area (Å²) in [5.41, 5.74) is 1.87. The number of fused-ring (bicyclic) bond motifs is 3. The summed E-state index contributed by atoms with van der Waals surface area (Å²) in [6.45, 7) is 1.34. The van der Waals surface area contributed by atoms with Crippen molar-refractivity contribution in [2.24, 2.45) is 0 Å². The van der Waals surface area contributed by atoms with Gasteiger partial charge in [0, 0.05) is 24.8 Å². The third kappa shape index (κ3) is 2.63. The highest BCUT2D eigenvalue weighted by Gasteiger charge is 2.28. The fourth-order valence-corrected chi connectivity index (χ4v) is 4.66. The number of aromatic nitrogens is 1. The second-order valence-electron chi connectivity index (χ2n) is 8.30. The van der Waals surface area contributed by atoms with Crippen molar-refractivity contribution in [2.75, 3.05) is 0 Å². The van der Waals surface area contributed by atoms with Gasteiger partial charge in [-0.25, -0.2) is 8.78 Å². The lowest BCUT2D eigenvalue weighted by Crippen LogP contribution is -2.29. The lowest BCUT2D eigenvalue weighted by molar-refractivity contribution is 0.402. The van der Waals surface area contributed by atoms with Crippen molar-refractivity contribution in [3.8, 4) is 5.69 Å². The molecule has 1 fully saturated rings. The largest absolute Gasteiger partial charge is 0.456 e. The van der Waals surface area contributed by atoms with Crippen LogP contribution in [0.25, 0.3) is 27.6 Å². The third-order valence-corrected chi connectivity index (χ3v) is 6.52. The first kappa shape index (κ1) is 18.4. The molecule has 6 rings (SSSR count). The molecule has 1 aliphatic carbocycles. The minimum atomic E-state index is -1.11. The number of pyridine rings is 1. The van der Waals surface area contributed by atoms with Crippen molar-refractivity contribution in [3.63, 3.8) is 0 Å². The zero-order chi connectivity index (χ0) is 21.3. The molecular weight excluding hydrogens is 402 g/mol. The first-order valence-corrected chi connectivity index (χ1v) is 10.4. The van der Waals surface area contributed by atoms with Crippen LogP contribution in [0.15, 0.2) is 50.4 Å². The van der Waals surface area contributed by atoms with Crippen molar-refractivity contribution in [2.45, 2.75) is 38.3 Å². The number of nitrogens with one attached hydrogen (secondary N) is 1. The van der Waals surface area contributed by atoms with Crippen LogP contribution in [0.3, 0.4) is 0 Å². The summed E-state index contributed by atoms with van der Waals surface area (Å²) in [5, 5.41) is 3.40. The Hall–Kier alpha value is -3.32. The average Bonchev–Trinajstić information content (AvgIpc) is 3.16. The van der Waals surface area contributed by atoms with Crippen molar-refractivity contribution >= 4 is 21.9 Å². The molecule has 0 radical (unpaired) electrons. The highest BCUT2D eigenvalue weighted by molar-refractivity contribution is 5.90. The number of halogens is 2. The molecule has 1 aliphatic heterocycles. The van der Waals surface area contributed by atoms with Crippen LogP contribution in [0.2, 0.25) is 0 Å². The van der Waals surface area contributed by atoms with Gasteiger partial charge in [0.2, 0.25) is 5.43 Å². The molecule has 1 saturated carbocycles. The predicted molar refractivity (Wildman–Crippen MR) is 113 cm³/mol. The minimum Gasteiger partial charge on any atom is -0.456 e. The van der Waals surface area contributed by atoms with E-state index in [0.29, 0.717) is 29.8 Å². The van der Waals surface area contributed by atoms with E-state index in [-0.39, 0.29) is 22.6 Å². The SMILES string of the molecule is O=c1c2cc3c(cc2oc2cc(C4CCC4)n(-c4cccc(F)c4F)c(=O)c12)CNC3. The summed E-state index contributed by atoms with van der Waals surface area (Å²) < 4.78 is 35.9. The van der Waals surface area contributed by atoms with Crippen molar-refractivity contribution < 1.29 is 13.2 Å². The van der Waals surface area contributed by atoms with Gasteiger partial charge in [0.25, 0.3) is 5.56 Å². The van der Waals surface area contributed by atoms with Crippen LogP contribution >= 0.6 is 0 Å². The second kappa shape index (κ2) is 6.59. The Morgan fingerprint density at radius 2 is 1.77 bits per heavy atom. The maximum atomic E-state index is 14.7. The van der Waals surface area contributed by atoms with Gasteiger partial charge in [-0.15, -0.1) is 0 Å². The molecule has 31 heavy (non-hydrogen) atoms. The Balaban J connectivity index is 1.74. The predicted octanol–water partition coefficient (Wildman–Crippen LogP) is 4.25. The number of rotatable bonds is 2. The fourth-order valence-electron chi connectivity index (χ4n) is 4.66. The van der Waals surface area contributed by atoms with Crippen molar-refractivity contribution in [1.29, 1.82) is 0 Å². The van der Waals surface area contributed by atoms with E-state index in [0.717, 1.165) is 41.0 Å².